The Morgan fingerprint density at radius 1 is 1.35 bits per heavy atom. The van der Waals surface area contributed by atoms with Gasteiger partial charge >= 0.3 is 0 Å². The molecule has 0 aliphatic carbocycles. The molecule has 2 aliphatic heterocycles. The van der Waals surface area contributed by atoms with Gasteiger partial charge in [-0.3, -0.25) is 4.99 Å². The summed E-state index contributed by atoms with van der Waals surface area (Å²) in [6, 6.07) is 6.98. The van der Waals surface area contributed by atoms with Gasteiger partial charge < -0.3 is 15.0 Å². The fourth-order valence-electron chi connectivity index (χ4n) is 3.87. The molecule has 1 unspecified atom stereocenters. The Morgan fingerprint density at radius 2 is 2.08 bits per heavy atom. The van der Waals surface area contributed by atoms with Gasteiger partial charge in [0.25, 0.3) is 0 Å². The zero-order chi connectivity index (χ0) is 18.4. The average molecular weight is 380 g/mol. The maximum atomic E-state index is 13.4. The Labute approximate surface area is 160 Å². The quantitative estimate of drug-likeness (QED) is 0.643. The van der Waals surface area contributed by atoms with E-state index in [-0.39, 0.29) is 11.2 Å². The standard InChI is InChI=1S/C20H30FN3OS/c1-3-18-14-24(10-13-26-18)19(22-2)23-15-20(8-11-25-12-9-20)16-4-6-17(21)7-5-16/h4-7,18H,3,8-15H2,1-2H3,(H,22,23). The van der Waals surface area contributed by atoms with Gasteiger partial charge in [-0.25, -0.2) is 4.39 Å². The van der Waals surface area contributed by atoms with Gasteiger partial charge in [0.15, 0.2) is 5.96 Å². The van der Waals surface area contributed by atoms with Crippen molar-refractivity contribution >= 4 is 17.7 Å². The van der Waals surface area contributed by atoms with Crippen LogP contribution in [0.15, 0.2) is 29.3 Å². The Bertz CT molecular complexity index is 602. The molecule has 1 N–H and O–H groups in total. The van der Waals surface area contributed by atoms with Gasteiger partial charge in [0.1, 0.15) is 5.82 Å². The number of rotatable bonds is 4. The van der Waals surface area contributed by atoms with E-state index in [1.54, 1.807) is 12.1 Å². The van der Waals surface area contributed by atoms with Crippen LogP contribution in [0, 0.1) is 5.82 Å². The zero-order valence-corrected chi connectivity index (χ0v) is 16.7. The topological polar surface area (TPSA) is 36.9 Å². The molecule has 3 rings (SSSR count). The van der Waals surface area contributed by atoms with E-state index in [0.717, 1.165) is 57.4 Å². The van der Waals surface area contributed by atoms with E-state index in [9.17, 15) is 4.39 Å². The van der Waals surface area contributed by atoms with Gasteiger partial charge in [-0.2, -0.15) is 11.8 Å². The second-order valence-corrected chi connectivity index (χ2v) is 8.56. The third-order valence-electron chi connectivity index (χ3n) is 5.60. The number of halogens is 1. The number of hydrogen-bond acceptors (Lipinski definition) is 3. The Kier molecular flexibility index (Phi) is 6.81. The minimum Gasteiger partial charge on any atom is -0.381 e. The summed E-state index contributed by atoms with van der Waals surface area (Å²) in [5, 5.41) is 4.30. The summed E-state index contributed by atoms with van der Waals surface area (Å²) >= 11 is 2.06. The van der Waals surface area contributed by atoms with Crippen LogP contribution in [0.25, 0.3) is 0 Å². The maximum Gasteiger partial charge on any atom is 0.193 e. The summed E-state index contributed by atoms with van der Waals surface area (Å²) in [7, 11) is 1.86. The number of guanidine groups is 1. The fraction of sp³-hybridized carbons (Fsp3) is 0.650. The van der Waals surface area contributed by atoms with Crippen LogP contribution in [-0.4, -0.2) is 61.8 Å². The van der Waals surface area contributed by atoms with Gasteiger partial charge in [-0.15, -0.1) is 0 Å². The van der Waals surface area contributed by atoms with Crippen LogP contribution in [0.5, 0.6) is 0 Å². The predicted molar refractivity (Wildman–Crippen MR) is 108 cm³/mol. The SMILES string of the molecule is CCC1CN(C(=NC)NCC2(c3ccc(F)cc3)CCOCC2)CCS1. The van der Waals surface area contributed by atoms with Crippen LogP contribution in [0.2, 0.25) is 0 Å². The third kappa shape index (κ3) is 4.52. The number of ether oxygens (including phenoxy) is 1. The van der Waals surface area contributed by atoms with Crippen LogP contribution < -0.4 is 5.32 Å². The molecule has 2 heterocycles. The first kappa shape index (κ1) is 19.5. The van der Waals surface area contributed by atoms with Crippen LogP contribution in [-0.2, 0) is 10.2 Å². The smallest absolute Gasteiger partial charge is 0.193 e. The highest BCUT2D eigenvalue weighted by Crippen LogP contribution is 2.34. The molecule has 2 fully saturated rings. The summed E-state index contributed by atoms with van der Waals surface area (Å²) in [6.45, 7) is 6.63. The molecule has 4 nitrogen and oxygen atoms in total. The van der Waals surface area contributed by atoms with Crippen molar-refractivity contribution in [1.82, 2.24) is 10.2 Å². The highest BCUT2D eigenvalue weighted by atomic mass is 32.2. The molecule has 0 saturated carbocycles. The van der Waals surface area contributed by atoms with Crippen molar-refractivity contribution in [2.75, 3.05) is 45.6 Å². The molecule has 1 aromatic rings. The Balaban J connectivity index is 1.71. The Morgan fingerprint density at radius 3 is 2.73 bits per heavy atom. The molecule has 2 aliphatic rings. The van der Waals surface area contributed by atoms with Crippen molar-refractivity contribution in [3.8, 4) is 0 Å². The van der Waals surface area contributed by atoms with Crippen LogP contribution in [0.4, 0.5) is 4.39 Å². The van der Waals surface area contributed by atoms with Gasteiger partial charge in [0.2, 0.25) is 0 Å². The molecule has 0 amide bonds. The number of aliphatic imine (C=N–C) groups is 1. The van der Waals surface area contributed by atoms with Gasteiger partial charge in [-0.1, -0.05) is 19.1 Å². The van der Waals surface area contributed by atoms with Crippen molar-refractivity contribution in [3.05, 3.63) is 35.6 Å². The maximum absolute atomic E-state index is 13.4. The summed E-state index contributed by atoms with van der Waals surface area (Å²) in [5.41, 5.74) is 1.15. The molecule has 2 saturated heterocycles. The number of hydrogen-bond donors (Lipinski definition) is 1. The van der Waals surface area contributed by atoms with E-state index in [1.807, 2.05) is 19.2 Å². The van der Waals surface area contributed by atoms with E-state index in [0.29, 0.717) is 5.25 Å². The van der Waals surface area contributed by atoms with Crippen molar-refractivity contribution in [1.29, 1.82) is 0 Å². The first-order valence-corrected chi connectivity index (χ1v) is 10.6. The predicted octanol–water partition coefficient (Wildman–Crippen LogP) is 3.28. The van der Waals surface area contributed by atoms with Crippen molar-refractivity contribution in [2.24, 2.45) is 4.99 Å². The van der Waals surface area contributed by atoms with E-state index in [1.165, 1.54) is 12.0 Å². The first-order chi connectivity index (χ1) is 12.7. The third-order valence-corrected chi connectivity index (χ3v) is 6.97. The lowest BCUT2D eigenvalue weighted by Crippen LogP contribution is -2.52. The molecule has 26 heavy (non-hydrogen) atoms. The lowest BCUT2D eigenvalue weighted by atomic mass is 9.74. The summed E-state index contributed by atoms with van der Waals surface area (Å²) < 4.78 is 19.0. The van der Waals surface area contributed by atoms with Crippen LogP contribution >= 0.6 is 11.8 Å². The summed E-state index contributed by atoms with van der Waals surface area (Å²) in [4.78, 5) is 6.91. The first-order valence-electron chi connectivity index (χ1n) is 9.58. The lowest BCUT2D eigenvalue weighted by Gasteiger charge is -2.40. The van der Waals surface area contributed by atoms with Crippen LogP contribution in [0.3, 0.4) is 0 Å². The average Bonchev–Trinajstić information content (AvgIpc) is 2.70. The number of nitrogens with one attached hydrogen (secondary N) is 1. The largest absolute Gasteiger partial charge is 0.381 e. The molecule has 0 radical (unpaired) electrons. The minimum atomic E-state index is -0.184. The number of benzene rings is 1. The molecular formula is C20H30FN3OS. The highest BCUT2D eigenvalue weighted by molar-refractivity contribution is 8.00. The molecule has 0 aromatic heterocycles. The number of thioether (sulfide) groups is 1. The van der Waals surface area contributed by atoms with Crippen molar-refractivity contribution in [2.45, 2.75) is 36.9 Å². The van der Waals surface area contributed by atoms with E-state index < -0.39 is 0 Å². The molecule has 1 atom stereocenters. The molecule has 1 aromatic carbocycles. The zero-order valence-electron chi connectivity index (χ0n) is 15.8. The molecular weight excluding hydrogens is 349 g/mol. The minimum absolute atomic E-state index is 0.0312. The van der Waals surface area contributed by atoms with E-state index >= 15 is 0 Å². The van der Waals surface area contributed by atoms with Crippen molar-refractivity contribution < 1.29 is 9.13 Å². The molecule has 144 valence electrons. The molecule has 0 spiro atoms. The fourth-order valence-corrected chi connectivity index (χ4v) is 5.05. The van der Waals surface area contributed by atoms with Gasteiger partial charge in [0.05, 0.1) is 0 Å². The van der Waals surface area contributed by atoms with Crippen molar-refractivity contribution in [3.63, 3.8) is 0 Å². The van der Waals surface area contributed by atoms with E-state index in [4.69, 9.17) is 4.74 Å². The van der Waals surface area contributed by atoms with Crippen LogP contribution in [0.1, 0.15) is 31.7 Å². The number of nitrogens with zero attached hydrogens (tertiary/aromatic N) is 2. The summed E-state index contributed by atoms with van der Waals surface area (Å²) in [6.07, 6.45) is 3.07. The van der Waals surface area contributed by atoms with Gasteiger partial charge in [-0.05, 0) is 37.0 Å². The second-order valence-electron chi connectivity index (χ2n) is 7.15. The lowest BCUT2D eigenvalue weighted by molar-refractivity contribution is 0.0511. The monoisotopic (exact) mass is 379 g/mol. The van der Waals surface area contributed by atoms with Gasteiger partial charge in [0, 0.05) is 56.3 Å². The highest BCUT2D eigenvalue weighted by Gasteiger charge is 2.35. The molecule has 0 bridgehead atoms. The normalized spacial score (nSPS) is 23.7. The molecule has 6 heteroatoms. The second kappa shape index (κ2) is 9.09. The summed E-state index contributed by atoms with van der Waals surface area (Å²) in [5.74, 6) is 1.95. The Hall–Kier alpha value is -1.27. The van der Waals surface area contributed by atoms with E-state index in [2.05, 4.69) is 33.9 Å².